The summed E-state index contributed by atoms with van der Waals surface area (Å²) in [5.41, 5.74) is 6.37. The van der Waals surface area contributed by atoms with E-state index in [4.69, 9.17) is 4.98 Å². The van der Waals surface area contributed by atoms with Crippen LogP contribution in [0.25, 0.3) is 11.0 Å². The Balaban J connectivity index is 1.28. The van der Waals surface area contributed by atoms with Crippen LogP contribution in [-0.2, 0) is 12.8 Å². The number of rotatable bonds is 3. The number of piperidine rings is 1. The molecule has 1 N–H and O–H groups in total. The zero-order chi connectivity index (χ0) is 20.1. The maximum Gasteiger partial charge on any atom is 0.107 e. The van der Waals surface area contributed by atoms with Crippen LogP contribution in [0.5, 0.6) is 0 Å². The Morgan fingerprint density at radius 1 is 1.10 bits per heavy atom. The van der Waals surface area contributed by atoms with Crippen LogP contribution in [0.1, 0.15) is 35.0 Å². The van der Waals surface area contributed by atoms with Crippen molar-refractivity contribution in [2.45, 2.75) is 45.3 Å². The summed E-state index contributed by atoms with van der Waals surface area (Å²) < 4.78 is 3.44. The Bertz CT molecular complexity index is 1060. The van der Waals surface area contributed by atoms with Gasteiger partial charge in [0.25, 0.3) is 0 Å². The highest BCUT2D eigenvalue weighted by Gasteiger charge is 2.33. The largest absolute Gasteiger partial charge is 0.390 e. The van der Waals surface area contributed by atoms with Crippen molar-refractivity contribution in [3.8, 4) is 0 Å². The SMILES string of the molecule is Cc1ccc2c(c1)nc(C)n2[C@@H]1CCN(C[C@H]2Cc3ccc(Br)cc3C2)C[C@H]1O. The molecular formula is C24H28BrN3O. The molecule has 0 radical (unpaired) electrons. The molecule has 2 heterocycles. The number of likely N-dealkylation sites (tertiary alicyclic amines) is 1. The molecule has 0 spiro atoms. The zero-order valence-corrected chi connectivity index (χ0v) is 18.7. The van der Waals surface area contributed by atoms with Gasteiger partial charge >= 0.3 is 0 Å². The van der Waals surface area contributed by atoms with Crippen molar-refractivity contribution in [3.05, 3.63) is 63.4 Å². The fourth-order valence-corrected chi connectivity index (χ4v) is 5.78. The van der Waals surface area contributed by atoms with Crippen LogP contribution in [0.2, 0.25) is 0 Å². The quantitative estimate of drug-likeness (QED) is 0.637. The van der Waals surface area contributed by atoms with Gasteiger partial charge in [0.15, 0.2) is 0 Å². The lowest BCUT2D eigenvalue weighted by molar-refractivity contribution is 0.0223. The van der Waals surface area contributed by atoms with Crippen molar-refractivity contribution >= 4 is 27.0 Å². The molecule has 152 valence electrons. The molecule has 29 heavy (non-hydrogen) atoms. The van der Waals surface area contributed by atoms with Crippen molar-refractivity contribution < 1.29 is 5.11 Å². The molecule has 3 atom stereocenters. The molecule has 3 aromatic rings. The van der Waals surface area contributed by atoms with Crippen molar-refractivity contribution in [3.63, 3.8) is 0 Å². The Labute approximate surface area is 180 Å². The first-order chi connectivity index (χ1) is 14.0. The summed E-state index contributed by atoms with van der Waals surface area (Å²) in [6, 6.07) is 13.2. The van der Waals surface area contributed by atoms with Gasteiger partial charge in [-0.2, -0.15) is 0 Å². The maximum absolute atomic E-state index is 11.0. The van der Waals surface area contributed by atoms with Crippen LogP contribution in [0.15, 0.2) is 40.9 Å². The second kappa shape index (κ2) is 7.53. The molecule has 4 nitrogen and oxygen atoms in total. The fraction of sp³-hybridized carbons (Fsp3) is 0.458. The van der Waals surface area contributed by atoms with Crippen LogP contribution >= 0.6 is 15.9 Å². The molecule has 1 fully saturated rings. The predicted molar refractivity (Wildman–Crippen MR) is 120 cm³/mol. The third kappa shape index (κ3) is 3.65. The van der Waals surface area contributed by atoms with Gasteiger partial charge in [0.05, 0.1) is 23.2 Å². The topological polar surface area (TPSA) is 41.3 Å². The fourth-order valence-electron chi connectivity index (χ4n) is 5.37. The molecule has 5 rings (SSSR count). The number of aliphatic hydroxyl groups is 1. The molecule has 1 aromatic heterocycles. The van der Waals surface area contributed by atoms with Gasteiger partial charge in [0.2, 0.25) is 0 Å². The lowest BCUT2D eigenvalue weighted by Gasteiger charge is -2.38. The molecule has 0 bridgehead atoms. The molecule has 5 heteroatoms. The van der Waals surface area contributed by atoms with E-state index < -0.39 is 0 Å². The first-order valence-corrected chi connectivity index (χ1v) is 11.4. The summed E-state index contributed by atoms with van der Waals surface area (Å²) in [5, 5.41) is 11.0. The van der Waals surface area contributed by atoms with E-state index in [0.717, 1.165) is 55.8 Å². The maximum atomic E-state index is 11.0. The molecular weight excluding hydrogens is 426 g/mol. The van der Waals surface area contributed by atoms with Gasteiger partial charge in [0.1, 0.15) is 5.82 Å². The lowest BCUT2D eigenvalue weighted by Crippen LogP contribution is -2.46. The highest BCUT2D eigenvalue weighted by atomic mass is 79.9. The molecule has 0 saturated carbocycles. The Morgan fingerprint density at radius 2 is 1.93 bits per heavy atom. The second-order valence-electron chi connectivity index (χ2n) is 8.89. The van der Waals surface area contributed by atoms with Crippen LogP contribution in [-0.4, -0.2) is 45.3 Å². The van der Waals surface area contributed by atoms with Gasteiger partial charge in [-0.1, -0.05) is 28.1 Å². The molecule has 0 unspecified atom stereocenters. The van der Waals surface area contributed by atoms with E-state index in [1.807, 2.05) is 0 Å². The monoisotopic (exact) mass is 453 g/mol. The van der Waals surface area contributed by atoms with Gasteiger partial charge in [-0.25, -0.2) is 4.98 Å². The van der Waals surface area contributed by atoms with Crippen LogP contribution in [0.3, 0.4) is 0 Å². The number of fused-ring (bicyclic) bond motifs is 2. The first-order valence-electron chi connectivity index (χ1n) is 10.6. The summed E-state index contributed by atoms with van der Waals surface area (Å²) in [5.74, 6) is 1.65. The number of β-amino-alcohol motifs (C(OH)–C–C–N with tert-alkyl or cyclic N) is 1. The number of aromatic nitrogens is 2. The van der Waals surface area contributed by atoms with Crippen molar-refractivity contribution in [1.29, 1.82) is 0 Å². The van der Waals surface area contributed by atoms with E-state index >= 15 is 0 Å². The van der Waals surface area contributed by atoms with Crippen LogP contribution < -0.4 is 0 Å². The highest BCUT2D eigenvalue weighted by molar-refractivity contribution is 9.10. The van der Waals surface area contributed by atoms with E-state index in [1.165, 1.54) is 21.2 Å². The summed E-state index contributed by atoms with van der Waals surface area (Å²) in [4.78, 5) is 7.21. The Morgan fingerprint density at radius 3 is 2.76 bits per heavy atom. The average Bonchev–Trinajstić information content (AvgIpc) is 3.20. The number of hydrogen-bond acceptors (Lipinski definition) is 3. The van der Waals surface area contributed by atoms with Crippen molar-refractivity contribution in [2.24, 2.45) is 5.92 Å². The minimum absolute atomic E-state index is 0.107. The predicted octanol–water partition coefficient (Wildman–Crippen LogP) is 4.44. The minimum Gasteiger partial charge on any atom is -0.390 e. The summed E-state index contributed by atoms with van der Waals surface area (Å²) in [6.45, 7) is 7.00. The number of benzene rings is 2. The number of nitrogens with zero attached hydrogens (tertiary/aromatic N) is 3. The van der Waals surface area contributed by atoms with E-state index in [-0.39, 0.29) is 12.1 Å². The number of hydrogen-bond donors (Lipinski definition) is 1. The van der Waals surface area contributed by atoms with Crippen LogP contribution in [0.4, 0.5) is 0 Å². The Hall–Kier alpha value is -1.69. The van der Waals surface area contributed by atoms with Crippen molar-refractivity contribution in [1.82, 2.24) is 14.5 Å². The van der Waals surface area contributed by atoms with Gasteiger partial charge in [0, 0.05) is 24.1 Å². The van der Waals surface area contributed by atoms with E-state index in [1.54, 1.807) is 0 Å². The Kier molecular flexibility index (Phi) is 5.01. The molecule has 0 amide bonds. The standard InChI is InChI=1S/C24H28BrN3O/c1-15-3-6-22-21(9-15)26-16(2)28(22)23-7-8-27(14-24(23)29)13-17-10-18-4-5-20(25)12-19(18)11-17/h3-6,9,12,17,23-24,29H,7-8,10-11,13-14H2,1-2H3/t17-,23+,24+/m0/s1. The lowest BCUT2D eigenvalue weighted by atomic mass is 9.98. The van der Waals surface area contributed by atoms with Gasteiger partial charge in [-0.05, 0) is 80.0 Å². The summed E-state index contributed by atoms with van der Waals surface area (Å²) in [6.07, 6.45) is 2.91. The first kappa shape index (κ1) is 19.3. The number of halogens is 1. The number of aryl methyl sites for hydroxylation is 2. The summed E-state index contributed by atoms with van der Waals surface area (Å²) >= 11 is 3.59. The smallest absolute Gasteiger partial charge is 0.107 e. The molecule has 1 aliphatic carbocycles. The third-order valence-electron chi connectivity index (χ3n) is 6.69. The van der Waals surface area contributed by atoms with E-state index in [2.05, 4.69) is 75.6 Å². The normalized spacial score (nSPS) is 24.9. The van der Waals surface area contributed by atoms with Gasteiger partial charge < -0.3 is 14.6 Å². The molecule has 1 saturated heterocycles. The number of imidazole rings is 1. The van der Waals surface area contributed by atoms with Crippen LogP contribution in [0, 0.1) is 19.8 Å². The highest BCUT2D eigenvalue weighted by Crippen LogP contribution is 2.33. The van der Waals surface area contributed by atoms with Gasteiger partial charge in [-0.15, -0.1) is 0 Å². The average molecular weight is 454 g/mol. The van der Waals surface area contributed by atoms with E-state index in [0.29, 0.717) is 5.92 Å². The number of aliphatic hydroxyl groups excluding tert-OH is 1. The molecule has 2 aliphatic rings. The zero-order valence-electron chi connectivity index (χ0n) is 17.1. The molecule has 2 aromatic carbocycles. The van der Waals surface area contributed by atoms with Gasteiger partial charge in [-0.3, -0.25) is 0 Å². The van der Waals surface area contributed by atoms with E-state index in [9.17, 15) is 5.11 Å². The summed E-state index contributed by atoms with van der Waals surface area (Å²) in [7, 11) is 0. The second-order valence-corrected chi connectivity index (χ2v) is 9.81. The van der Waals surface area contributed by atoms with Crippen molar-refractivity contribution in [2.75, 3.05) is 19.6 Å². The molecule has 1 aliphatic heterocycles. The minimum atomic E-state index is -0.362. The third-order valence-corrected chi connectivity index (χ3v) is 7.18.